The summed E-state index contributed by atoms with van der Waals surface area (Å²) in [5.41, 5.74) is 0.209. The van der Waals surface area contributed by atoms with Crippen LogP contribution in [0.5, 0.6) is 11.5 Å². The zero-order valence-electron chi connectivity index (χ0n) is 21.3. The normalized spacial score (nSPS) is 19.3. The molecular formula is C27H34F4O4. The van der Waals surface area contributed by atoms with Gasteiger partial charge >= 0.3 is 5.97 Å². The molecule has 2 unspecified atom stereocenters. The summed E-state index contributed by atoms with van der Waals surface area (Å²) in [6.07, 6.45) is 0.612. The van der Waals surface area contributed by atoms with Crippen LogP contribution in [0, 0.1) is 17.6 Å². The van der Waals surface area contributed by atoms with Gasteiger partial charge < -0.3 is 14.6 Å². The molecule has 1 aliphatic heterocycles. The number of aliphatic carboxylic acids is 1. The Morgan fingerprint density at radius 2 is 1.71 bits per heavy atom. The number of rotatable bonds is 6. The molecule has 35 heavy (non-hydrogen) atoms. The van der Waals surface area contributed by atoms with Gasteiger partial charge in [0.15, 0.2) is 17.4 Å². The molecule has 0 radical (unpaired) electrons. The number of fused-ring (bicyclic) bond motifs is 1. The summed E-state index contributed by atoms with van der Waals surface area (Å²) in [7, 11) is 0. The lowest BCUT2D eigenvalue weighted by Crippen LogP contribution is -2.25. The first-order chi connectivity index (χ1) is 16.4. The topological polar surface area (TPSA) is 55.8 Å². The number of hydrogen-bond acceptors (Lipinski definition) is 3. The van der Waals surface area contributed by atoms with E-state index < -0.39 is 46.7 Å². The van der Waals surface area contributed by atoms with Gasteiger partial charge in [-0.15, -0.1) is 0 Å². The Kier molecular flexibility index (Phi) is 8.84. The minimum absolute atomic E-state index is 0.143. The van der Waals surface area contributed by atoms with Gasteiger partial charge in [-0.2, -0.15) is 0 Å². The molecule has 8 heteroatoms. The number of hydrogen-bond donors (Lipinski definition) is 1. The SMILES string of the molecule is CC.CC.CC1(C)Cc2c(C(C)(F)F)ccc(COc3c(F)cc(C4CC4C(=O)O)cc3F)c2O1. The predicted octanol–water partition coefficient (Wildman–Crippen LogP) is 7.61. The molecule has 1 fully saturated rings. The lowest BCUT2D eigenvalue weighted by molar-refractivity contribution is -0.138. The molecule has 1 N–H and O–H groups in total. The molecule has 0 bridgehead atoms. The molecule has 2 aromatic carbocycles. The molecule has 0 amide bonds. The lowest BCUT2D eigenvalue weighted by atomic mass is 9.93. The van der Waals surface area contributed by atoms with Gasteiger partial charge in [-0.3, -0.25) is 4.79 Å². The second-order valence-corrected chi connectivity index (χ2v) is 8.90. The van der Waals surface area contributed by atoms with E-state index in [-0.39, 0.29) is 29.9 Å². The first-order valence-corrected chi connectivity index (χ1v) is 11.9. The summed E-state index contributed by atoms with van der Waals surface area (Å²) in [5, 5.41) is 9.00. The third kappa shape index (κ3) is 6.27. The molecule has 0 aromatic heterocycles. The van der Waals surface area contributed by atoms with Crippen LogP contribution in [0.2, 0.25) is 0 Å². The van der Waals surface area contributed by atoms with Crippen molar-refractivity contribution >= 4 is 5.97 Å². The average molecular weight is 499 g/mol. The Hall–Kier alpha value is -2.77. The summed E-state index contributed by atoms with van der Waals surface area (Å²) < 4.78 is 68.2. The quantitative estimate of drug-likeness (QED) is 0.417. The van der Waals surface area contributed by atoms with Crippen molar-refractivity contribution in [3.8, 4) is 11.5 Å². The van der Waals surface area contributed by atoms with Crippen molar-refractivity contribution in [2.45, 2.75) is 85.4 Å². The zero-order valence-corrected chi connectivity index (χ0v) is 21.3. The number of alkyl halides is 2. The van der Waals surface area contributed by atoms with Crippen molar-refractivity contribution in [3.63, 3.8) is 0 Å². The highest BCUT2D eigenvalue weighted by Crippen LogP contribution is 2.49. The minimum Gasteiger partial charge on any atom is -0.487 e. The fourth-order valence-electron chi connectivity index (χ4n) is 4.16. The van der Waals surface area contributed by atoms with Crippen LogP contribution < -0.4 is 9.47 Å². The molecule has 2 atom stereocenters. The standard InChI is InChI=1S/C23H22F4O4.2C2H6/c1-22(2)9-15-16(23(3,26)27)5-4-11(19(15)31-22)10-30-20-17(24)6-12(7-18(20)25)13-8-14(13)21(28)29;2*1-2/h4-7,13-14H,8-10H2,1-3H3,(H,28,29);2*1-2H3. The van der Waals surface area contributed by atoms with E-state index in [9.17, 15) is 22.4 Å². The summed E-state index contributed by atoms with van der Waals surface area (Å²) in [5.74, 6) is -7.35. The van der Waals surface area contributed by atoms with Crippen molar-refractivity contribution < 1.29 is 36.9 Å². The third-order valence-corrected chi connectivity index (χ3v) is 5.72. The number of ether oxygens (including phenoxy) is 2. The first kappa shape index (κ1) is 28.5. The molecule has 4 rings (SSSR count). The zero-order chi connectivity index (χ0) is 26.7. The highest BCUT2D eigenvalue weighted by Gasteiger charge is 2.45. The molecule has 194 valence electrons. The molecule has 0 spiro atoms. The highest BCUT2D eigenvalue weighted by molar-refractivity contribution is 5.75. The molecule has 0 saturated heterocycles. The molecule has 1 heterocycles. The molecular weight excluding hydrogens is 464 g/mol. The Bertz CT molecular complexity index is 1040. The average Bonchev–Trinajstić information content (AvgIpc) is 3.51. The largest absolute Gasteiger partial charge is 0.487 e. The second kappa shape index (κ2) is 10.9. The van der Waals surface area contributed by atoms with Crippen LogP contribution in [0.3, 0.4) is 0 Å². The maximum absolute atomic E-state index is 14.5. The summed E-state index contributed by atoms with van der Waals surface area (Å²) in [6.45, 7) is 12.1. The van der Waals surface area contributed by atoms with Crippen LogP contribution in [0.1, 0.15) is 83.1 Å². The van der Waals surface area contributed by atoms with Gasteiger partial charge in [0.1, 0.15) is 18.0 Å². The van der Waals surface area contributed by atoms with E-state index in [0.29, 0.717) is 17.5 Å². The van der Waals surface area contributed by atoms with E-state index in [2.05, 4.69) is 0 Å². The van der Waals surface area contributed by atoms with E-state index >= 15 is 0 Å². The van der Waals surface area contributed by atoms with Crippen LogP contribution in [0.25, 0.3) is 0 Å². The van der Waals surface area contributed by atoms with Gasteiger partial charge in [0.25, 0.3) is 5.92 Å². The summed E-state index contributed by atoms with van der Waals surface area (Å²) >= 11 is 0. The fourth-order valence-corrected chi connectivity index (χ4v) is 4.16. The van der Waals surface area contributed by atoms with Gasteiger partial charge in [0.2, 0.25) is 0 Å². The number of benzene rings is 2. The number of carbonyl (C=O) groups is 1. The molecule has 2 aromatic rings. The fraction of sp³-hybridized carbons (Fsp3) is 0.519. The van der Waals surface area contributed by atoms with E-state index in [1.165, 1.54) is 12.1 Å². The number of carboxylic acid groups (broad SMARTS) is 1. The van der Waals surface area contributed by atoms with Crippen LogP contribution in [0.4, 0.5) is 17.6 Å². The van der Waals surface area contributed by atoms with Gasteiger partial charge in [-0.25, -0.2) is 17.6 Å². The Labute approximate surface area is 204 Å². The van der Waals surface area contributed by atoms with Crippen molar-refractivity contribution in [2.75, 3.05) is 0 Å². The molecule has 2 aliphatic rings. The van der Waals surface area contributed by atoms with Gasteiger partial charge in [0, 0.05) is 30.0 Å². The van der Waals surface area contributed by atoms with Gasteiger partial charge in [-0.1, -0.05) is 39.8 Å². The lowest BCUT2D eigenvalue weighted by Gasteiger charge is -2.19. The Balaban J connectivity index is 0.00000103. The van der Waals surface area contributed by atoms with Gasteiger partial charge in [0.05, 0.1) is 5.92 Å². The van der Waals surface area contributed by atoms with Crippen LogP contribution in [0.15, 0.2) is 24.3 Å². The number of halogens is 4. The van der Waals surface area contributed by atoms with E-state index in [1.807, 2.05) is 27.7 Å². The second-order valence-electron chi connectivity index (χ2n) is 8.90. The smallest absolute Gasteiger partial charge is 0.307 e. The van der Waals surface area contributed by atoms with Crippen molar-refractivity contribution in [1.29, 1.82) is 0 Å². The Morgan fingerprint density at radius 1 is 1.14 bits per heavy atom. The summed E-state index contributed by atoms with van der Waals surface area (Å²) in [6, 6.07) is 4.86. The first-order valence-electron chi connectivity index (χ1n) is 11.9. The van der Waals surface area contributed by atoms with Crippen molar-refractivity contribution in [2.24, 2.45) is 5.92 Å². The molecule has 4 nitrogen and oxygen atoms in total. The maximum Gasteiger partial charge on any atom is 0.307 e. The van der Waals surface area contributed by atoms with E-state index in [4.69, 9.17) is 14.6 Å². The van der Waals surface area contributed by atoms with Crippen LogP contribution in [-0.2, 0) is 23.7 Å². The molecule has 1 aliphatic carbocycles. The monoisotopic (exact) mass is 498 g/mol. The van der Waals surface area contributed by atoms with Crippen LogP contribution in [-0.4, -0.2) is 16.7 Å². The number of carboxylic acids is 1. The van der Waals surface area contributed by atoms with E-state index in [0.717, 1.165) is 19.1 Å². The maximum atomic E-state index is 14.5. The highest BCUT2D eigenvalue weighted by atomic mass is 19.3. The predicted molar refractivity (Wildman–Crippen MR) is 126 cm³/mol. The van der Waals surface area contributed by atoms with Crippen molar-refractivity contribution in [3.05, 3.63) is 58.2 Å². The Morgan fingerprint density at radius 3 is 2.20 bits per heavy atom. The minimum atomic E-state index is -3.06. The third-order valence-electron chi connectivity index (χ3n) is 5.72. The van der Waals surface area contributed by atoms with E-state index in [1.54, 1.807) is 13.8 Å². The summed E-state index contributed by atoms with van der Waals surface area (Å²) in [4.78, 5) is 11.0. The van der Waals surface area contributed by atoms with Gasteiger partial charge in [-0.05, 0) is 43.9 Å². The molecule has 1 saturated carbocycles. The van der Waals surface area contributed by atoms with Crippen molar-refractivity contribution in [1.82, 2.24) is 0 Å². The van der Waals surface area contributed by atoms with Crippen LogP contribution >= 0.6 is 0 Å².